The molecule has 2 rings (SSSR count). The Morgan fingerprint density at radius 2 is 2.00 bits per heavy atom. The molecule has 9 heteroatoms. The molecule has 0 amide bonds. The molecule has 0 aromatic carbocycles. The SMILES string of the molecule is O=C(O)C(F)(F)F.O=c1[nH]cnc2cnccc12. The maximum atomic E-state index is 11.1. The smallest absolute Gasteiger partial charge is 0.475 e. The van der Waals surface area contributed by atoms with Gasteiger partial charge in [0.15, 0.2) is 0 Å². The standard InChI is InChI=1S/C7H5N3O.C2HF3O2/c11-7-5-1-2-8-3-6(5)9-4-10-7;3-2(4,5)1(6)7/h1-4H,(H,9,10,11);(H,6,7). The number of alkyl halides is 3. The molecule has 0 aliphatic carbocycles. The van der Waals surface area contributed by atoms with Crippen LogP contribution in [0.4, 0.5) is 13.2 Å². The van der Waals surface area contributed by atoms with Crippen molar-refractivity contribution in [2.75, 3.05) is 0 Å². The van der Waals surface area contributed by atoms with Gasteiger partial charge in [-0.3, -0.25) is 9.78 Å². The van der Waals surface area contributed by atoms with Crippen molar-refractivity contribution in [3.05, 3.63) is 35.1 Å². The van der Waals surface area contributed by atoms with Crippen molar-refractivity contribution in [2.45, 2.75) is 6.18 Å². The number of aromatic amines is 1. The Bertz CT molecular complexity index is 604. The highest BCUT2D eigenvalue weighted by molar-refractivity contribution is 5.75. The van der Waals surface area contributed by atoms with Gasteiger partial charge in [-0.05, 0) is 6.07 Å². The maximum Gasteiger partial charge on any atom is 0.490 e. The highest BCUT2D eigenvalue weighted by Crippen LogP contribution is 2.13. The molecular weight excluding hydrogens is 255 g/mol. The molecule has 0 atom stereocenters. The van der Waals surface area contributed by atoms with Crippen molar-refractivity contribution in [3.63, 3.8) is 0 Å². The lowest BCUT2D eigenvalue weighted by Crippen LogP contribution is -2.21. The van der Waals surface area contributed by atoms with E-state index in [1.807, 2.05) is 0 Å². The fourth-order valence-electron chi connectivity index (χ4n) is 0.919. The first-order valence-electron chi connectivity index (χ1n) is 4.40. The van der Waals surface area contributed by atoms with Gasteiger partial charge in [0, 0.05) is 6.20 Å². The molecule has 18 heavy (non-hydrogen) atoms. The third-order valence-electron chi connectivity index (χ3n) is 1.69. The van der Waals surface area contributed by atoms with Crippen LogP contribution >= 0.6 is 0 Å². The Morgan fingerprint density at radius 1 is 1.39 bits per heavy atom. The van der Waals surface area contributed by atoms with Crippen LogP contribution in [-0.2, 0) is 4.79 Å². The molecule has 0 fully saturated rings. The number of aromatic nitrogens is 3. The number of hydrogen-bond donors (Lipinski definition) is 2. The number of carboxylic acid groups (broad SMARTS) is 1. The van der Waals surface area contributed by atoms with Gasteiger partial charge >= 0.3 is 12.1 Å². The van der Waals surface area contributed by atoms with E-state index in [9.17, 15) is 18.0 Å². The van der Waals surface area contributed by atoms with Crippen LogP contribution in [0.3, 0.4) is 0 Å². The number of carboxylic acids is 1. The van der Waals surface area contributed by atoms with Crippen LogP contribution in [0.1, 0.15) is 0 Å². The lowest BCUT2D eigenvalue weighted by Gasteiger charge is -1.93. The minimum Gasteiger partial charge on any atom is -0.475 e. The summed E-state index contributed by atoms with van der Waals surface area (Å²) in [6.45, 7) is 0. The van der Waals surface area contributed by atoms with E-state index in [0.29, 0.717) is 10.9 Å². The van der Waals surface area contributed by atoms with E-state index >= 15 is 0 Å². The number of H-pyrrole nitrogens is 1. The summed E-state index contributed by atoms with van der Waals surface area (Å²) in [5.74, 6) is -2.76. The molecule has 2 heterocycles. The summed E-state index contributed by atoms with van der Waals surface area (Å²) >= 11 is 0. The minimum absolute atomic E-state index is 0.127. The summed E-state index contributed by atoms with van der Waals surface area (Å²) < 4.78 is 31.7. The average molecular weight is 261 g/mol. The van der Waals surface area contributed by atoms with Gasteiger partial charge in [-0.25, -0.2) is 9.78 Å². The number of rotatable bonds is 0. The van der Waals surface area contributed by atoms with Crippen molar-refractivity contribution < 1.29 is 23.1 Å². The molecule has 0 unspecified atom stereocenters. The number of hydrogen-bond acceptors (Lipinski definition) is 4. The summed E-state index contributed by atoms with van der Waals surface area (Å²) in [5.41, 5.74) is 0.494. The number of halogens is 3. The Labute approximate surface area is 97.1 Å². The van der Waals surface area contributed by atoms with E-state index in [4.69, 9.17) is 9.90 Å². The van der Waals surface area contributed by atoms with Crippen LogP contribution in [0, 0.1) is 0 Å². The first-order chi connectivity index (χ1) is 8.32. The number of carbonyl (C=O) groups is 1. The predicted octanol–water partition coefficient (Wildman–Crippen LogP) is 0.951. The van der Waals surface area contributed by atoms with Crippen molar-refractivity contribution in [2.24, 2.45) is 0 Å². The van der Waals surface area contributed by atoms with Crippen LogP contribution in [0.25, 0.3) is 10.9 Å². The topological polar surface area (TPSA) is 95.9 Å². The van der Waals surface area contributed by atoms with Gasteiger partial charge in [-0.1, -0.05) is 0 Å². The van der Waals surface area contributed by atoms with Gasteiger partial charge < -0.3 is 10.1 Å². The highest BCUT2D eigenvalue weighted by atomic mass is 19.4. The molecule has 0 spiro atoms. The summed E-state index contributed by atoms with van der Waals surface area (Å²) in [4.78, 5) is 30.2. The molecule has 2 aromatic heterocycles. The van der Waals surface area contributed by atoms with Crippen LogP contribution < -0.4 is 5.56 Å². The van der Waals surface area contributed by atoms with E-state index in [1.165, 1.54) is 6.33 Å². The lowest BCUT2D eigenvalue weighted by molar-refractivity contribution is -0.192. The van der Waals surface area contributed by atoms with Gasteiger partial charge in [0.2, 0.25) is 0 Å². The zero-order chi connectivity index (χ0) is 13.8. The monoisotopic (exact) mass is 261 g/mol. The third kappa shape index (κ3) is 3.54. The fourth-order valence-corrected chi connectivity index (χ4v) is 0.919. The number of nitrogens with zero attached hydrogens (tertiary/aromatic N) is 2. The zero-order valence-corrected chi connectivity index (χ0v) is 8.60. The Morgan fingerprint density at radius 3 is 2.50 bits per heavy atom. The highest BCUT2D eigenvalue weighted by Gasteiger charge is 2.38. The van der Waals surface area contributed by atoms with Crippen LogP contribution in [0.15, 0.2) is 29.6 Å². The van der Waals surface area contributed by atoms with Crippen LogP contribution in [0.5, 0.6) is 0 Å². The van der Waals surface area contributed by atoms with Gasteiger partial charge in [0.1, 0.15) is 0 Å². The quantitative estimate of drug-likeness (QED) is 0.736. The molecular formula is C9H6F3N3O3. The van der Waals surface area contributed by atoms with Crippen LogP contribution in [-0.4, -0.2) is 32.2 Å². The number of aliphatic carboxylic acids is 1. The van der Waals surface area contributed by atoms with E-state index in [2.05, 4.69) is 15.0 Å². The summed E-state index contributed by atoms with van der Waals surface area (Å²) in [6.07, 6.45) is -0.587. The predicted molar refractivity (Wildman–Crippen MR) is 53.8 cm³/mol. The number of fused-ring (bicyclic) bond motifs is 1. The molecule has 96 valence electrons. The first-order valence-corrected chi connectivity index (χ1v) is 4.40. The van der Waals surface area contributed by atoms with Crippen molar-refractivity contribution in [3.8, 4) is 0 Å². The Kier molecular flexibility index (Phi) is 3.97. The fraction of sp³-hybridized carbons (Fsp3) is 0.111. The molecule has 0 bridgehead atoms. The third-order valence-corrected chi connectivity index (χ3v) is 1.69. The van der Waals surface area contributed by atoms with E-state index < -0.39 is 12.1 Å². The summed E-state index contributed by atoms with van der Waals surface area (Å²) in [7, 11) is 0. The minimum atomic E-state index is -5.08. The molecule has 0 aliphatic heterocycles. The Hall–Kier alpha value is -2.45. The second-order valence-electron chi connectivity index (χ2n) is 2.93. The van der Waals surface area contributed by atoms with Crippen molar-refractivity contribution in [1.82, 2.24) is 15.0 Å². The molecule has 0 radical (unpaired) electrons. The molecule has 0 aliphatic rings. The van der Waals surface area contributed by atoms with E-state index in [0.717, 1.165) is 0 Å². The van der Waals surface area contributed by atoms with E-state index in [-0.39, 0.29) is 5.56 Å². The first kappa shape index (κ1) is 13.6. The molecule has 0 saturated carbocycles. The molecule has 2 aromatic rings. The largest absolute Gasteiger partial charge is 0.490 e. The zero-order valence-electron chi connectivity index (χ0n) is 8.60. The van der Waals surface area contributed by atoms with Gasteiger partial charge in [-0.2, -0.15) is 13.2 Å². The van der Waals surface area contributed by atoms with Gasteiger partial charge in [0.25, 0.3) is 5.56 Å². The summed E-state index contributed by atoms with van der Waals surface area (Å²) in [5, 5.41) is 7.70. The number of pyridine rings is 1. The maximum absolute atomic E-state index is 11.1. The lowest BCUT2D eigenvalue weighted by atomic mass is 10.3. The molecule has 6 nitrogen and oxygen atoms in total. The van der Waals surface area contributed by atoms with Gasteiger partial charge in [0.05, 0.1) is 23.4 Å². The second kappa shape index (κ2) is 5.25. The molecule has 2 N–H and O–H groups in total. The van der Waals surface area contributed by atoms with Crippen LogP contribution in [0.2, 0.25) is 0 Å². The summed E-state index contributed by atoms with van der Waals surface area (Å²) in [6, 6.07) is 1.64. The normalized spacial score (nSPS) is 10.6. The number of nitrogens with one attached hydrogen (secondary N) is 1. The van der Waals surface area contributed by atoms with E-state index in [1.54, 1.807) is 18.5 Å². The van der Waals surface area contributed by atoms with Crippen molar-refractivity contribution in [1.29, 1.82) is 0 Å². The van der Waals surface area contributed by atoms with Gasteiger partial charge in [-0.15, -0.1) is 0 Å². The van der Waals surface area contributed by atoms with Crippen molar-refractivity contribution >= 4 is 16.9 Å². The Balaban J connectivity index is 0.000000203. The molecule has 0 saturated heterocycles. The average Bonchev–Trinajstić information content (AvgIpc) is 2.29. The second-order valence-corrected chi connectivity index (χ2v) is 2.93.